The van der Waals surface area contributed by atoms with E-state index in [4.69, 9.17) is 11.6 Å². The molecule has 2 rings (SSSR count). The van der Waals surface area contributed by atoms with Crippen LogP contribution in [0.4, 0.5) is 0 Å². The van der Waals surface area contributed by atoms with Gasteiger partial charge in [0.1, 0.15) is 0 Å². The molecule has 1 aliphatic carbocycles. The van der Waals surface area contributed by atoms with Crippen molar-refractivity contribution in [3.8, 4) is 0 Å². The Labute approximate surface area is 114 Å². The summed E-state index contributed by atoms with van der Waals surface area (Å²) < 4.78 is 0. The average Bonchev–Trinajstić information content (AvgIpc) is 2.76. The van der Waals surface area contributed by atoms with Gasteiger partial charge in [-0.25, -0.2) is 0 Å². The maximum atomic E-state index is 12.2. The van der Waals surface area contributed by atoms with Gasteiger partial charge in [0.15, 0.2) is 0 Å². The zero-order valence-electron chi connectivity index (χ0n) is 11.0. The Morgan fingerprint density at radius 1 is 1.39 bits per heavy atom. The number of hydrogen-bond acceptors (Lipinski definition) is 1. The lowest BCUT2D eigenvalue weighted by atomic mass is 10.0. The van der Waals surface area contributed by atoms with Gasteiger partial charge in [0, 0.05) is 17.5 Å². The van der Waals surface area contributed by atoms with Crippen molar-refractivity contribution in [2.75, 3.05) is 5.88 Å². The molecule has 1 saturated carbocycles. The van der Waals surface area contributed by atoms with E-state index >= 15 is 0 Å². The van der Waals surface area contributed by atoms with E-state index in [9.17, 15) is 4.79 Å². The second-order valence-electron chi connectivity index (χ2n) is 5.24. The third-order valence-electron chi connectivity index (χ3n) is 3.80. The molecular weight excluding hydrogens is 246 g/mol. The zero-order chi connectivity index (χ0) is 13.1. The number of carbonyl (C=O) groups excluding carboxylic acids is 1. The average molecular weight is 266 g/mol. The molecule has 1 aliphatic rings. The Kier molecular flexibility index (Phi) is 4.28. The Hall–Kier alpha value is -1.02. The van der Waals surface area contributed by atoms with Crippen LogP contribution in [-0.4, -0.2) is 17.8 Å². The number of rotatable bonds is 3. The Bertz CT molecular complexity index is 444. The van der Waals surface area contributed by atoms with Crippen molar-refractivity contribution in [1.29, 1.82) is 0 Å². The minimum Gasteiger partial charge on any atom is -0.349 e. The van der Waals surface area contributed by atoms with Gasteiger partial charge in [-0.15, -0.1) is 11.6 Å². The summed E-state index contributed by atoms with van der Waals surface area (Å²) in [5, 5.41) is 3.13. The fourth-order valence-corrected chi connectivity index (χ4v) is 3.10. The third kappa shape index (κ3) is 2.86. The van der Waals surface area contributed by atoms with Crippen molar-refractivity contribution in [2.45, 2.75) is 39.2 Å². The van der Waals surface area contributed by atoms with Crippen LogP contribution in [-0.2, 0) is 0 Å². The summed E-state index contributed by atoms with van der Waals surface area (Å²) in [6.45, 7) is 4.02. The van der Waals surface area contributed by atoms with E-state index in [1.165, 1.54) is 5.56 Å². The number of amides is 1. The van der Waals surface area contributed by atoms with Gasteiger partial charge in [0.05, 0.1) is 0 Å². The molecule has 0 radical (unpaired) electrons. The number of hydrogen-bond donors (Lipinski definition) is 1. The van der Waals surface area contributed by atoms with E-state index in [1.807, 2.05) is 32.0 Å². The predicted octanol–water partition coefficient (Wildman–Crippen LogP) is 3.44. The van der Waals surface area contributed by atoms with Gasteiger partial charge in [0.25, 0.3) is 5.91 Å². The summed E-state index contributed by atoms with van der Waals surface area (Å²) in [6, 6.07) is 6.18. The van der Waals surface area contributed by atoms with Gasteiger partial charge >= 0.3 is 0 Å². The highest BCUT2D eigenvalue weighted by Crippen LogP contribution is 2.27. The molecular formula is C15H20ClNO. The largest absolute Gasteiger partial charge is 0.349 e. The second-order valence-corrected chi connectivity index (χ2v) is 5.55. The molecule has 1 aromatic carbocycles. The van der Waals surface area contributed by atoms with Crippen LogP contribution in [0, 0.1) is 19.8 Å². The molecule has 98 valence electrons. The molecule has 0 bridgehead atoms. The van der Waals surface area contributed by atoms with Crippen molar-refractivity contribution >= 4 is 17.5 Å². The van der Waals surface area contributed by atoms with Crippen LogP contribution in [0.15, 0.2) is 18.2 Å². The van der Waals surface area contributed by atoms with Crippen LogP contribution in [0.5, 0.6) is 0 Å². The first-order valence-corrected chi connectivity index (χ1v) is 7.09. The van der Waals surface area contributed by atoms with E-state index in [2.05, 4.69) is 5.32 Å². The van der Waals surface area contributed by atoms with E-state index in [0.29, 0.717) is 11.8 Å². The predicted molar refractivity (Wildman–Crippen MR) is 75.2 cm³/mol. The van der Waals surface area contributed by atoms with Crippen molar-refractivity contribution in [3.05, 3.63) is 34.9 Å². The van der Waals surface area contributed by atoms with Crippen molar-refractivity contribution in [2.24, 2.45) is 5.92 Å². The first-order valence-electron chi connectivity index (χ1n) is 6.56. The minimum absolute atomic E-state index is 0.0366. The fourth-order valence-electron chi connectivity index (χ4n) is 2.73. The molecule has 18 heavy (non-hydrogen) atoms. The molecule has 1 fully saturated rings. The van der Waals surface area contributed by atoms with Crippen LogP contribution in [0.25, 0.3) is 0 Å². The third-order valence-corrected chi connectivity index (χ3v) is 4.20. The molecule has 0 saturated heterocycles. The molecule has 3 heteroatoms. The highest BCUT2D eigenvalue weighted by molar-refractivity contribution is 6.18. The Balaban J connectivity index is 2.07. The lowest BCUT2D eigenvalue weighted by Gasteiger charge is -2.19. The fraction of sp³-hybridized carbons (Fsp3) is 0.533. The summed E-state index contributed by atoms with van der Waals surface area (Å²) in [5.41, 5.74) is 3.00. The molecule has 1 aromatic rings. The molecule has 0 aromatic heterocycles. The van der Waals surface area contributed by atoms with E-state index in [1.54, 1.807) is 0 Å². The normalized spacial score (nSPS) is 23.1. The smallest absolute Gasteiger partial charge is 0.251 e. The van der Waals surface area contributed by atoms with E-state index in [-0.39, 0.29) is 11.9 Å². The van der Waals surface area contributed by atoms with Gasteiger partial charge in [0.2, 0.25) is 0 Å². The lowest BCUT2D eigenvalue weighted by molar-refractivity contribution is 0.0929. The van der Waals surface area contributed by atoms with Crippen molar-refractivity contribution in [1.82, 2.24) is 5.32 Å². The van der Waals surface area contributed by atoms with Crippen LogP contribution < -0.4 is 5.32 Å². The first kappa shape index (κ1) is 13.4. The van der Waals surface area contributed by atoms with Gasteiger partial charge in [-0.3, -0.25) is 4.79 Å². The topological polar surface area (TPSA) is 29.1 Å². The van der Waals surface area contributed by atoms with E-state index in [0.717, 1.165) is 30.4 Å². The number of alkyl halides is 1. The Morgan fingerprint density at radius 3 is 2.83 bits per heavy atom. The van der Waals surface area contributed by atoms with Crippen molar-refractivity contribution in [3.63, 3.8) is 0 Å². The molecule has 2 nitrogen and oxygen atoms in total. The summed E-state index contributed by atoms with van der Waals surface area (Å²) in [4.78, 5) is 12.2. The van der Waals surface area contributed by atoms with Gasteiger partial charge < -0.3 is 5.32 Å². The summed E-state index contributed by atoms with van der Waals surface area (Å²) in [6.07, 6.45) is 3.34. The lowest BCUT2D eigenvalue weighted by Crippen LogP contribution is -2.38. The summed E-state index contributed by atoms with van der Waals surface area (Å²) >= 11 is 5.93. The monoisotopic (exact) mass is 265 g/mol. The maximum Gasteiger partial charge on any atom is 0.251 e. The minimum atomic E-state index is 0.0366. The van der Waals surface area contributed by atoms with Gasteiger partial charge in [-0.1, -0.05) is 24.1 Å². The number of halogens is 1. The highest BCUT2D eigenvalue weighted by Gasteiger charge is 2.28. The van der Waals surface area contributed by atoms with Gasteiger partial charge in [-0.2, -0.15) is 0 Å². The zero-order valence-corrected chi connectivity index (χ0v) is 11.8. The maximum absolute atomic E-state index is 12.2. The highest BCUT2D eigenvalue weighted by atomic mass is 35.5. The van der Waals surface area contributed by atoms with Crippen molar-refractivity contribution < 1.29 is 4.79 Å². The number of nitrogens with one attached hydrogen (secondary N) is 1. The van der Waals surface area contributed by atoms with Crippen LogP contribution in [0.1, 0.15) is 40.7 Å². The number of aryl methyl sites for hydroxylation is 2. The van der Waals surface area contributed by atoms with Gasteiger partial charge in [-0.05, 0) is 44.2 Å². The quantitative estimate of drug-likeness (QED) is 0.834. The number of benzene rings is 1. The van der Waals surface area contributed by atoms with Crippen LogP contribution in [0.3, 0.4) is 0 Å². The second kappa shape index (κ2) is 5.75. The molecule has 2 unspecified atom stereocenters. The van der Waals surface area contributed by atoms with E-state index < -0.39 is 0 Å². The SMILES string of the molecule is Cc1ccc(C(=O)NC2CCCC2CCl)c(C)c1. The molecule has 1 N–H and O–H groups in total. The molecule has 1 amide bonds. The first-order chi connectivity index (χ1) is 8.61. The summed E-state index contributed by atoms with van der Waals surface area (Å²) in [7, 11) is 0. The Morgan fingerprint density at radius 2 is 2.17 bits per heavy atom. The number of carbonyl (C=O) groups is 1. The molecule has 0 heterocycles. The standard InChI is InChI=1S/C15H20ClNO/c1-10-6-7-13(11(2)8-10)15(18)17-14-5-3-4-12(14)9-16/h6-8,12,14H,3-5,9H2,1-2H3,(H,17,18). The molecule has 2 atom stereocenters. The molecule has 0 aliphatic heterocycles. The summed E-state index contributed by atoms with van der Waals surface area (Å²) in [5.74, 6) is 1.11. The van der Waals surface area contributed by atoms with Crippen LogP contribution >= 0.6 is 11.6 Å². The van der Waals surface area contributed by atoms with Crippen LogP contribution in [0.2, 0.25) is 0 Å². The molecule has 0 spiro atoms.